The summed E-state index contributed by atoms with van der Waals surface area (Å²) in [6, 6.07) is 0. The third kappa shape index (κ3) is 6.19. The third-order valence-electron chi connectivity index (χ3n) is 3.36. The molecule has 0 aromatic carbocycles. The van der Waals surface area contributed by atoms with Gasteiger partial charge in [-0.05, 0) is 6.92 Å². The lowest BCUT2D eigenvalue weighted by Crippen LogP contribution is -2.35. The van der Waals surface area contributed by atoms with E-state index in [0.29, 0.717) is 18.2 Å². The number of nitrogen functional groups attached to an aromatic ring is 1. The van der Waals surface area contributed by atoms with E-state index >= 15 is 0 Å². The highest BCUT2D eigenvalue weighted by Gasteiger charge is 2.33. The van der Waals surface area contributed by atoms with Crippen molar-refractivity contribution in [2.75, 3.05) is 12.3 Å². The Hall–Kier alpha value is -1.23. The minimum absolute atomic E-state index is 0.231. The SMILES string of the molecule is Cc1ncc(C[n+]2c[sH+]c(CCOP(=O)(O)OP(=O)(O)O)c2C)c(N)n1. The number of nitrogens with two attached hydrogens (primary N) is 1. The van der Waals surface area contributed by atoms with Gasteiger partial charge in [-0.15, -0.1) is 4.57 Å². The summed E-state index contributed by atoms with van der Waals surface area (Å²) in [7, 11) is -9.93. The number of rotatable bonds is 8. The van der Waals surface area contributed by atoms with Crippen molar-refractivity contribution in [3.8, 4) is 0 Å². The Labute approximate surface area is 153 Å². The number of hydrogen-bond donors (Lipinski definition) is 4. The van der Waals surface area contributed by atoms with Gasteiger partial charge < -0.3 is 20.4 Å². The number of hydrogen-bond acceptors (Lipinski definition) is 7. The summed E-state index contributed by atoms with van der Waals surface area (Å²) in [4.78, 5) is 35.5. The highest BCUT2D eigenvalue weighted by atomic mass is 32.1. The maximum Gasteiger partial charge on any atom is 0.481 e. The van der Waals surface area contributed by atoms with Crippen LogP contribution in [-0.2, 0) is 30.9 Å². The van der Waals surface area contributed by atoms with E-state index in [2.05, 4.69) is 18.8 Å². The number of thiazole rings is 1. The standard InChI is InChI=1S/C12H18N4O7P2S/c1-8-11(3-4-22-25(20,21)23-24(17,18)19)26-7-16(8)6-10-5-14-9(2)15-12(10)13/h5,7H,3-4,6H2,1-2H3,(H4-,13,14,15,17,18,19,20,21)/p+2. The smallest absolute Gasteiger partial charge is 0.383 e. The van der Waals surface area contributed by atoms with E-state index < -0.39 is 15.6 Å². The van der Waals surface area contributed by atoms with E-state index in [-0.39, 0.29) is 13.0 Å². The van der Waals surface area contributed by atoms with Gasteiger partial charge in [0.25, 0.3) is 0 Å². The van der Waals surface area contributed by atoms with Crippen LogP contribution in [0.2, 0.25) is 0 Å². The number of aromatic nitrogens is 3. The van der Waals surface area contributed by atoms with Crippen molar-refractivity contribution >= 4 is 32.8 Å². The summed E-state index contributed by atoms with van der Waals surface area (Å²) in [5.41, 5.74) is 9.49. The Balaban J connectivity index is 1.98. The molecule has 144 valence electrons. The molecule has 0 radical (unpaired) electrons. The lowest BCUT2D eigenvalue weighted by Gasteiger charge is -2.11. The monoisotopic (exact) mass is 426 g/mol. The molecule has 26 heavy (non-hydrogen) atoms. The molecule has 2 aromatic heterocycles. The van der Waals surface area contributed by atoms with Crippen molar-refractivity contribution < 1.29 is 37.2 Å². The molecule has 0 saturated carbocycles. The van der Waals surface area contributed by atoms with Crippen LogP contribution in [0.25, 0.3) is 0 Å². The zero-order valence-corrected chi connectivity index (χ0v) is 16.7. The van der Waals surface area contributed by atoms with Crippen LogP contribution in [0.5, 0.6) is 0 Å². The molecule has 0 spiro atoms. The molecule has 0 saturated heterocycles. The first kappa shape index (κ1) is 21.1. The predicted molar refractivity (Wildman–Crippen MR) is 93.5 cm³/mol. The predicted octanol–water partition coefficient (Wildman–Crippen LogP) is 0.574. The molecule has 0 aliphatic heterocycles. The largest absolute Gasteiger partial charge is 0.481 e. The number of aryl methyl sites for hydroxylation is 1. The van der Waals surface area contributed by atoms with Gasteiger partial charge >= 0.3 is 21.2 Å². The normalized spacial score (nSPS) is 14.3. The summed E-state index contributed by atoms with van der Waals surface area (Å²) in [6.45, 7) is 3.88. The van der Waals surface area contributed by atoms with Gasteiger partial charge in [0.2, 0.25) is 10.6 Å². The summed E-state index contributed by atoms with van der Waals surface area (Å²) in [5.74, 6) is 0.994. The van der Waals surface area contributed by atoms with Crippen molar-refractivity contribution in [1.82, 2.24) is 9.97 Å². The lowest BCUT2D eigenvalue weighted by molar-refractivity contribution is -0.689. The van der Waals surface area contributed by atoms with E-state index in [0.717, 1.165) is 27.5 Å². The number of phosphoric ester groups is 1. The van der Waals surface area contributed by atoms with E-state index in [1.54, 1.807) is 13.1 Å². The highest BCUT2D eigenvalue weighted by Crippen LogP contribution is 2.57. The molecule has 11 nitrogen and oxygen atoms in total. The van der Waals surface area contributed by atoms with E-state index in [9.17, 15) is 14.0 Å². The zero-order chi connectivity index (χ0) is 19.5. The summed E-state index contributed by atoms with van der Waals surface area (Å²) in [5, 5.41) is 0. The lowest BCUT2D eigenvalue weighted by atomic mass is 10.2. The fourth-order valence-electron chi connectivity index (χ4n) is 2.12. The summed E-state index contributed by atoms with van der Waals surface area (Å²) in [6.07, 6.45) is 1.95. The minimum atomic E-state index is -5.11. The first-order valence-corrected chi connectivity index (χ1v) is 11.3. The molecule has 0 fully saturated rings. The second-order valence-electron chi connectivity index (χ2n) is 5.36. The van der Waals surface area contributed by atoms with Gasteiger partial charge in [-0.2, -0.15) is 4.31 Å². The molecule has 14 heteroatoms. The maximum atomic E-state index is 11.4. The van der Waals surface area contributed by atoms with Crippen molar-refractivity contribution in [1.29, 1.82) is 0 Å². The Bertz CT molecular complexity index is 884. The second-order valence-corrected chi connectivity index (χ2v) is 9.21. The number of anilines is 1. The Morgan fingerprint density at radius 1 is 1.31 bits per heavy atom. The molecule has 2 heterocycles. The molecular formula is C12H20N4O7P2S+2. The molecule has 2 aromatic rings. The molecule has 0 amide bonds. The Morgan fingerprint density at radius 2 is 2.00 bits per heavy atom. The highest BCUT2D eigenvalue weighted by molar-refractivity contribution is 7.60. The van der Waals surface area contributed by atoms with Gasteiger partial charge in [-0.3, -0.25) is 4.52 Å². The van der Waals surface area contributed by atoms with Gasteiger partial charge in [0, 0.05) is 24.5 Å². The molecule has 0 aliphatic rings. The molecule has 1 atom stereocenters. The van der Waals surface area contributed by atoms with Gasteiger partial charge in [0.05, 0.1) is 18.6 Å². The molecule has 0 aliphatic carbocycles. The first-order valence-electron chi connectivity index (χ1n) is 7.29. The minimum Gasteiger partial charge on any atom is -0.383 e. The van der Waals surface area contributed by atoms with Crippen LogP contribution in [0, 0.1) is 13.8 Å². The average molecular weight is 426 g/mol. The average Bonchev–Trinajstić information content (AvgIpc) is 2.80. The molecule has 5 N–H and O–H groups in total. The number of nitrogens with zero attached hydrogens (tertiary/aromatic N) is 3. The van der Waals surface area contributed by atoms with Crippen molar-refractivity contribution in [2.24, 2.45) is 0 Å². The van der Waals surface area contributed by atoms with Gasteiger partial charge in [0.15, 0.2) is 6.54 Å². The van der Waals surface area contributed by atoms with E-state index in [1.807, 2.05) is 17.0 Å². The van der Waals surface area contributed by atoms with Crippen molar-refractivity contribution in [2.45, 2.75) is 26.8 Å². The van der Waals surface area contributed by atoms with Gasteiger partial charge in [-0.1, -0.05) is 0 Å². The Morgan fingerprint density at radius 3 is 2.62 bits per heavy atom. The third-order valence-corrected chi connectivity index (χ3v) is 6.80. The van der Waals surface area contributed by atoms with Crippen LogP contribution in [-0.4, -0.2) is 31.3 Å². The second kappa shape index (κ2) is 8.20. The molecule has 1 unspecified atom stereocenters. The van der Waals surface area contributed by atoms with Crippen molar-refractivity contribution in [3.05, 3.63) is 33.7 Å². The van der Waals surface area contributed by atoms with Crippen LogP contribution >= 0.6 is 27.0 Å². The number of phosphoric acid groups is 2. The summed E-state index contributed by atoms with van der Waals surface area (Å²) < 4.78 is 32.3. The van der Waals surface area contributed by atoms with Crippen LogP contribution in [0.3, 0.4) is 0 Å². The van der Waals surface area contributed by atoms with Crippen LogP contribution in [0.4, 0.5) is 5.82 Å². The van der Waals surface area contributed by atoms with Gasteiger partial charge in [-0.25, -0.2) is 19.1 Å². The van der Waals surface area contributed by atoms with Crippen LogP contribution in [0.1, 0.15) is 22.0 Å². The Kier molecular flexibility index (Phi) is 6.65. The van der Waals surface area contributed by atoms with Gasteiger partial charge in [0.1, 0.15) is 11.6 Å². The molecule has 0 bridgehead atoms. The molecule has 2 rings (SSSR count). The first-order chi connectivity index (χ1) is 12.0. The van der Waals surface area contributed by atoms with Crippen LogP contribution in [0.15, 0.2) is 11.7 Å². The van der Waals surface area contributed by atoms with Crippen molar-refractivity contribution in [3.63, 3.8) is 0 Å². The quantitative estimate of drug-likeness (QED) is 0.266. The van der Waals surface area contributed by atoms with Crippen LogP contribution < -0.4 is 10.3 Å². The summed E-state index contributed by atoms with van der Waals surface area (Å²) >= 11 is 0.873. The topological polar surface area (TPSA) is 169 Å². The molecular weight excluding hydrogens is 406 g/mol. The van der Waals surface area contributed by atoms with E-state index in [4.69, 9.17) is 15.5 Å². The fourth-order valence-corrected chi connectivity index (χ4v) is 4.78. The fraction of sp³-hybridized carbons (Fsp3) is 0.417. The zero-order valence-electron chi connectivity index (χ0n) is 14.0. The van der Waals surface area contributed by atoms with E-state index in [1.165, 1.54) is 0 Å². The maximum absolute atomic E-state index is 11.4.